The molecule has 0 saturated heterocycles. The van der Waals surface area contributed by atoms with E-state index in [4.69, 9.17) is 5.14 Å². The van der Waals surface area contributed by atoms with Gasteiger partial charge in [0.1, 0.15) is 5.69 Å². The highest BCUT2D eigenvalue weighted by Gasteiger charge is 2.19. The number of nitro benzene ring substituents is 1. The van der Waals surface area contributed by atoms with Crippen molar-refractivity contribution in [2.45, 2.75) is 11.8 Å². The van der Waals surface area contributed by atoms with Gasteiger partial charge < -0.3 is 10.6 Å². The fourth-order valence-corrected chi connectivity index (χ4v) is 3.60. The van der Waals surface area contributed by atoms with Gasteiger partial charge in [0, 0.05) is 23.0 Å². The summed E-state index contributed by atoms with van der Waals surface area (Å²) < 4.78 is 23.3. The van der Waals surface area contributed by atoms with Gasteiger partial charge in [0.2, 0.25) is 10.0 Å². The van der Waals surface area contributed by atoms with E-state index in [1.807, 2.05) is 6.07 Å². The molecule has 154 valence electrons. The highest BCUT2D eigenvalue weighted by atomic mass is 32.2. The molecular formula is C20H18N4O5S. The van der Waals surface area contributed by atoms with Gasteiger partial charge in [-0.2, -0.15) is 0 Å². The standard InChI is InChI=1S/C20H18N4O5S/c1-13-7-9-16(12-19(13)30(21,28)29)23-20(25)14-8-10-17(18(11-14)24(26)27)22-15-5-3-2-4-6-15/h2-12,22H,1H3,(H,23,25)(H2,21,28,29). The van der Waals surface area contributed by atoms with E-state index in [1.54, 1.807) is 31.2 Å². The van der Waals surface area contributed by atoms with E-state index in [1.165, 1.54) is 30.3 Å². The number of hydrogen-bond acceptors (Lipinski definition) is 6. The van der Waals surface area contributed by atoms with Crippen molar-refractivity contribution in [3.8, 4) is 0 Å². The fraction of sp³-hybridized carbons (Fsp3) is 0.0500. The average Bonchev–Trinajstić information content (AvgIpc) is 2.69. The van der Waals surface area contributed by atoms with Crippen LogP contribution in [0.1, 0.15) is 15.9 Å². The lowest BCUT2D eigenvalue weighted by molar-refractivity contribution is -0.383. The molecule has 3 rings (SSSR count). The van der Waals surface area contributed by atoms with E-state index < -0.39 is 20.9 Å². The van der Waals surface area contributed by atoms with Crippen LogP contribution in [0.4, 0.5) is 22.7 Å². The molecular weight excluding hydrogens is 408 g/mol. The summed E-state index contributed by atoms with van der Waals surface area (Å²) >= 11 is 0. The minimum atomic E-state index is -3.96. The number of para-hydroxylation sites is 1. The smallest absolute Gasteiger partial charge is 0.293 e. The molecule has 0 atom stereocenters. The summed E-state index contributed by atoms with van der Waals surface area (Å²) in [5.41, 5.74) is 1.28. The Labute approximate surface area is 172 Å². The third-order valence-electron chi connectivity index (χ3n) is 4.26. The van der Waals surface area contributed by atoms with Gasteiger partial charge >= 0.3 is 0 Å². The number of aryl methyl sites for hydroxylation is 1. The summed E-state index contributed by atoms with van der Waals surface area (Å²) in [6, 6.07) is 17.2. The number of carbonyl (C=O) groups excluding carboxylic acids is 1. The molecule has 0 bridgehead atoms. The number of amides is 1. The molecule has 0 aliphatic heterocycles. The van der Waals surface area contributed by atoms with Gasteiger partial charge in [-0.1, -0.05) is 24.3 Å². The van der Waals surface area contributed by atoms with Crippen molar-refractivity contribution in [1.29, 1.82) is 0 Å². The molecule has 10 heteroatoms. The molecule has 0 aromatic heterocycles. The predicted octanol–water partition coefficient (Wildman–Crippen LogP) is 3.55. The van der Waals surface area contributed by atoms with Crippen LogP contribution in [-0.2, 0) is 10.0 Å². The van der Waals surface area contributed by atoms with Crippen LogP contribution in [-0.4, -0.2) is 19.2 Å². The Morgan fingerprint density at radius 1 is 1.00 bits per heavy atom. The van der Waals surface area contributed by atoms with Crippen LogP contribution in [0.2, 0.25) is 0 Å². The summed E-state index contributed by atoms with van der Waals surface area (Å²) in [5, 5.41) is 22.1. The molecule has 0 saturated carbocycles. The largest absolute Gasteiger partial charge is 0.350 e. The van der Waals surface area contributed by atoms with Gasteiger partial charge in [0.15, 0.2) is 0 Å². The van der Waals surface area contributed by atoms with Crippen LogP contribution in [0.25, 0.3) is 0 Å². The lowest BCUT2D eigenvalue weighted by Crippen LogP contribution is -2.16. The zero-order chi connectivity index (χ0) is 21.9. The van der Waals surface area contributed by atoms with E-state index >= 15 is 0 Å². The molecule has 3 aromatic carbocycles. The van der Waals surface area contributed by atoms with Crippen LogP contribution in [0.15, 0.2) is 71.6 Å². The SMILES string of the molecule is Cc1ccc(NC(=O)c2ccc(Nc3ccccc3)c([N+](=O)[O-])c2)cc1S(N)(=O)=O. The summed E-state index contributed by atoms with van der Waals surface area (Å²) in [7, 11) is -3.96. The highest BCUT2D eigenvalue weighted by molar-refractivity contribution is 7.89. The molecule has 4 N–H and O–H groups in total. The zero-order valence-electron chi connectivity index (χ0n) is 15.8. The van der Waals surface area contributed by atoms with E-state index in [2.05, 4.69) is 10.6 Å². The molecule has 3 aromatic rings. The first-order valence-corrected chi connectivity index (χ1v) is 10.2. The summed E-state index contributed by atoms with van der Waals surface area (Å²) in [6.07, 6.45) is 0. The molecule has 0 spiro atoms. The first-order valence-electron chi connectivity index (χ1n) is 8.70. The number of benzene rings is 3. The second kappa shape index (κ2) is 8.31. The summed E-state index contributed by atoms with van der Waals surface area (Å²) in [5.74, 6) is -0.631. The molecule has 0 radical (unpaired) electrons. The van der Waals surface area contributed by atoms with Crippen molar-refractivity contribution in [3.05, 3.63) is 88.0 Å². The maximum absolute atomic E-state index is 12.6. The number of nitrogens with one attached hydrogen (secondary N) is 2. The molecule has 0 aliphatic rings. The van der Waals surface area contributed by atoms with Gasteiger partial charge in [-0.3, -0.25) is 14.9 Å². The third-order valence-corrected chi connectivity index (χ3v) is 5.31. The number of carbonyl (C=O) groups is 1. The lowest BCUT2D eigenvalue weighted by Gasteiger charge is -2.11. The number of nitrogens with two attached hydrogens (primary N) is 1. The van der Waals surface area contributed by atoms with Crippen LogP contribution in [0.3, 0.4) is 0 Å². The number of rotatable bonds is 6. The first-order chi connectivity index (χ1) is 14.1. The molecule has 0 aliphatic carbocycles. The Morgan fingerprint density at radius 3 is 2.33 bits per heavy atom. The molecule has 9 nitrogen and oxygen atoms in total. The van der Waals surface area contributed by atoms with Crippen LogP contribution in [0, 0.1) is 17.0 Å². The number of nitro groups is 1. The van der Waals surface area contributed by atoms with Crippen molar-refractivity contribution in [2.24, 2.45) is 5.14 Å². The van der Waals surface area contributed by atoms with Gasteiger partial charge in [-0.15, -0.1) is 0 Å². The van der Waals surface area contributed by atoms with Crippen LogP contribution >= 0.6 is 0 Å². The van der Waals surface area contributed by atoms with Crippen molar-refractivity contribution in [2.75, 3.05) is 10.6 Å². The van der Waals surface area contributed by atoms with Crippen LogP contribution < -0.4 is 15.8 Å². The van der Waals surface area contributed by atoms with Crippen LogP contribution in [0.5, 0.6) is 0 Å². The Bertz CT molecular complexity index is 1230. The molecule has 0 unspecified atom stereocenters. The monoisotopic (exact) mass is 426 g/mol. The van der Waals surface area contributed by atoms with Crippen molar-refractivity contribution in [3.63, 3.8) is 0 Å². The third kappa shape index (κ3) is 4.80. The Hall–Kier alpha value is -3.76. The predicted molar refractivity (Wildman–Crippen MR) is 113 cm³/mol. The zero-order valence-corrected chi connectivity index (χ0v) is 16.6. The number of primary sulfonamides is 1. The van der Waals surface area contributed by atoms with E-state index in [0.29, 0.717) is 11.3 Å². The molecule has 30 heavy (non-hydrogen) atoms. The number of sulfonamides is 1. The first kappa shape index (κ1) is 21.0. The lowest BCUT2D eigenvalue weighted by atomic mass is 10.1. The highest BCUT2D eigenvalue weighted by Crippen LogP contribution is 2.29. The minimum Gasteiger partial charge on any atom is -0.350 e. The Kier molecular flexibility index (Phi) is 5.81. The topological polar surface area (TPSA) is 144 Å². The second-order valence-corrected chi connectivity index (χ2v) is 7.99. The van der Waals surface area contributed by atoms with E-state index in [-0.39, 0.29) is 27.5 Å². The van der Waals surface area contributed by atoms with Gasteiger partial charge in [0.25, 0.3) is 11.6 Å². The van der Waals surface area contributed by atoms with Crippen molar-refractivity contribution >= 4 is 38.7 Å². The normalized spacial score (nSPS) is 11.0. The van der Waals surface area contributed by atoms with Gasteiger partial charge in [0.05, 0.1) is 9.82 Å². The summed E-state index contributed by atoms with van der Waals surface area (Å²) in [6.45, 7) is 1.58. The van der Waals surface area contributed by atoms with E-state index in [0.717, 1.165) is 6.07 Å². The quantitative estimate of drug-likeness (QED) is 0.406. The average molecular weight is 426 g/mol. The number of nitrogens with zero attached hydrogens (tertiary/aromatic N) is 1. The van der Waals surface area contributed by atoms with Gasteiger partial charge in [-0.05, 0) is 48.9 Å². The van der Waals surface area contributed by atoms with Gasteiger partial charge in [-0.25, -0.2) is 13.6 Å². The fourth-order valence-electron chi connectivity index (χ4n) is 2.79. The number of hydrogen-bond donors (Lipinski definition) is 3. The molecule has 0 fully saturated rings. The second-order valence-electron chi connectivity index (χ2n) is 6.46. The van der Waals surface area contributed by atoms with Crippen molar-refractivity contribution < 1.29 is 18.1 Å². The van der Waals surface area contributed by atoms with E-state index in [9.17, 15) is 23.3 Å². The minimum absolute atomic E-state index is 0.0399. The Balaban J connectivity index is 1.88. The maximum atomic E-state index is 12.6. The summed E-state index contributed by atoms with van der Waals surface area (Å²) in [4.78, 5) is 23.4. The number of anilines is 3. The molecule has 0 heterocycles. The Morgan fingerprint density at radius 2 is 1.70 bits per heavy atom. The van der Waals surface area contributed by atoms with Crippen molar-refractivity contribution in [1.82, 2.24) is 0 Å². The molecule has 1 amide bonds. The maximum Gasteiger partial charge on any atom is 0.293 e.